The maximum absolute atomic E-state index is 15.5. The Kier molecular flexibility index (Phi) is 13.3. The Morgan fingerprint density at radius 3 is 2.21 bits per heavy atom. The molecule has 0 aromatic heterocycles. The number of ether oxygens (including phenoxy) is 1. The highest BCUT2D eigenvalue weighted by atomic mass is 32.2. The molecule has 43 heavy (non-hydrogen) atoms. The number of aliphatic imine (C=N–C) groups is 1. The van der Waals surface area contributed by atoms with Gasteiger partial charge in [0.2, 0.25) is 0 Å². The Morgan fingerprint density at radius 2 is 1.74 bits per heavy atom. The number of aliphatic hydroxyl groups excluding tert-OH is 1. The first-order valence-corrected chi connectivity index (χ1v) is 16.7. The Balaban J connectivity index is 2.21. The number of carbonyl (C=O) groups is 2. The van der Waals surface area contributed by atoms with Gasteiger partial charge >= 0.3 is 7.82 Å². The van der Waals surface area contributed by atoms with Crippen LogP contribution in [-0.4, -0.2) is 88.0 Å². The van der Waals surface area contributed by atoms with Crippen LogP contribution in [0.15, 0.2) is 34.8 Å². The number of alkyl halides is 1. The van der Waals surface area contributed by atoms with Crippen molar-refractivity contribution >= 4 is 47.4 Å². The summed E-state index contributed by atoms with van der Waals surface area (Å²) < 4.78 is 51.4. The monoisotopic (exact) mass is 666 g/mol. The lowest BCUT2D eigenvalue weighted by Gasteiger charge is -2.33. The quantitative estimate of drug-likeness (QED) is 0.0865. The molecular weight excluding hydrogens is 626 g/mol. The van der Waals surface area contributed by atoms with Gasteiger partial charge in [-0.25, -0.2) is 13.9 Å². The van der Waals surface area contributed by atoms with Gasteiger partial charge in [0, 0.05) is 33.4 Å². The number of hydrogen-bond acceptors (Lipinski definition) is 14. The predicted molar refractivity (Wildman–Crippen MR) is 164 cm³/mol. The van der Waals surface area contributed by atoms with Crippen molar-refractivity contribution in [3.8, 4) is 0 Å². The average Bonchev–Trinajstić information content (AvgIpc) is 3.15. The van der Waals surface area contributed by atoms with Crippen molar-refractivity contribution in [2.24, 2.45) is 26.7 Å². The van der Waals surface area contributed by atoms with Crippen LogP contribution >= 0.6 is 31.3 Å². The van der Waals surface area contributed by atoms with Gasteiger partial charge in [-0.3, -0.25) is 23.2 Å². The van der Waals surface area contributed by atoms with E-state index >= 15 is 4.39 Å². The van der Waals surface area contributed by atoms with E-state index in [4.69, 9.17) is 29.6 Å². The highest BCUT2D eigenvalue weighted by Crippen LogP contribution is 2.51. The molecule has 0 aliphatic carbocycles. The van der Waals surface area contributed by atoms with E-state index in [1.165, 1.54) is 17.2 Å². The van der Waals surface area contributed by atoms with E-state index in [9.17, 15) is 19.3 Å². The fourth-order valence-electron chi connectivity index (χ4n) is 3.50. The van der Waals surface area contributed by atoms with Crippen LogP contribution in [0.5, 0.6) is 0 Å². The number of nitrogens with zero attached hydrogens (tertiary/aromatic N) is 5. The number of phosphoric ester groups is 1. The van der Waals surface area contributed by atoms with Crippen molar-refractivity contribution < 1.29 is 42.0 Å². The minimum absolute atomic E-state index is 0.0299. The summed E-state index contributed by atoms with van der Waals surface area (Å²) in [6, 6.07) is 0. The minimum Gasteiger partial charge on any atom is -0.387 e. The third-order valence-corrected chi connectivity index (χ3v) is 9.86. The highest BCUT2D eigenvalue weighted by molar-refractivity contribution is 8.14. The molecule has 0 spiro atoms. The molecule has 4 atom stereocenters. The normalized spacial score (nSPS) is 24.6. The summed E-state index contributed by atoms with van der Waals surface area (Å²) in [4.78, 5) is 32.3. The molecule has 0 aromatic carbocycles. The average molecular weight is 667 g/mol. The predicted octanol–water partition coefficient (Wildman–Crippen LogP) is 4.52. The molecule has 2 rings (SSSR count). The molecule has 0 amide bonds. The molecule has 14 nitrogen and oxygen atoms in total. The van der Waals surface area contributed by atoms with E-state index in [0.717, 1.165) is 23.5 Å². The van der Waals surface area contributed by atoms with Crippen molar-refractivity contribution in [2.45, 2.75) is 65.6 Å². The molecule has 0 saturated carbocycles. The van der Waals surface area contributed by atoms with Gasteiger partial charge in [-0.1, -0.05) is 76.8 Å². The number of carbonyl (C=O) groups excluding carboxylic acids is 2. The number of nitrogens with two attached hydrogens (primary N) is 1. The molecule has 0 aromatic rings. The van der Waals surface area contributed by atoms with Crippen LogP contribution in [-0.2, 0) is 32.5 Å². The molecule has 3 N–H and O–H groups in total. The topological polar surface area (TPSA) is 199 Å². The van der Waals surface area contributed by atoms with Gasteiger partial charge in [0.05, 0.1) is 26.4 Å². The van der Waals surface area contributed by atoms with E-state index in [-0.39, 0.29) is 46.6 Å². The van der Waals surface area contributed by atoms with Crippen LogP contribution in [0.4, 0.5) is 4.39 Å². The summed E-state index contributed by atoms with van der Waals surface area (Å²) in [7, 11) is -4.45. The van der Waals surface area contributed by atoms with E-state index in [1.807, 2.05) is 0 Å². The van der Waals surface area contributed by atoms with Crippen molar-refractivity contribution in [1.29, 1.82) is 0 Å². The lowest BCUT2D eigenvalue weighted by Crippen LogP contribution is -2.48. The molecule has 1 saturated heterocycles. The number of phosphoric acid groups is 1. The number of hydrogen-bond donors (Lipinski definition) is 2. The molecule has 1 fully saturated rings. The van der Waals surface area contributed by atoms with Gasteiger partial charge < -0.3 is 20.5 Å². The number of thioether (sulfide) groups is 2. The van der Waals surface area contributed by atoms with E-state index in [1.54, 1.807) is 41.5 Å². The van der Waals surface area contributed by atoms with Gasteiger partial charge in [-0.05, 0) is 11.6 Å². The van der Waals surface area contributed by atoms with Crippen LogP contribution < -0.4 is 5.73 Å². The number of halogens is 1. The van der Waals surface area contributed by atoms with Crippen LogP contribution in [0.25, 0.3) is 10.4 Å². The SMILES string of the molecule is C=C1N=C(N)C=CN1[C@@H]1O[C@](CN=[N+]=[N-])(COP(=O)(OCCSC(=O)C(C)(C)C)OCCSC(=O)C(C)(C)C)[C@@H](O)[C@H]1F. The molecule has 2 heterocycles. The second-order valence-electron chi connectivity index (χ2n) is 11.7. The summed E-state index contributed by atoms with van der Waals surface area (Å²) in [5, 5.41) is 14.1. The fourth-order valence-corrected chi connectivity index (χ4v) is 6.54. The first kappa shape index (κ1) is 37.2. The summed E-state index contributed by atoms with van der Waals surface area (Å²) >= 11 is 1.95. The van der Waals surface area contributed by atoms with Crippen molar-refractivity contribution in [1.82, 2.24) is 4.90 Å². The van der Waals surface area contributed by atoms with Crippen LogP contribution in [0.1, 0.15) is 41.5 Å². The largest absolute Gasteiger partial charge is 0.474 e. The Bertz CT molecular complexity index is 1170. The number of azide groups is 1. The molecule has 242 valence electrons. The minimum atomic E-state index is -4.45. The van der Waals surface area contributed by atoms with Crippen molar-refractivity contribution in [2.75, 3.05) is 37.9 Å². The molecule has 2 aliphatic heterocycles. The number of amidine groups is 1. The third-order valence-electron chi connectivity index (χ3n) is 5.93. The van der Waals surface area contributed by atoms with Crippen LogP contribution in [0, 0.1) is 10.8 Å². The Morgan fingerprint density at radius 1 is 1.21 bits per heavy atom. The molecule has 2 aliphatic rings. The lowest BCUT2D eigenvalue weighted by molar-refractivity contribution is -0.127. The van der Waals surface area contributed by atoms with Gasteiger partial charge in [-0.2, -0.15) is 0 Å². The summed E-state index contributed by atoms with van der Waals surface area (Å²) in [5.74, 6) is 0.393. The zero-order valence-corrected chi connectivity index (χ0v) is 27.6. The fraction of sp³-hybridized carbons (Fsp3) is 0.720. The number of rotatable bonds is 14. The van der Waals surface area contributed by atoms with Crippen LogP contribution in [0.2, 0.25) is 0 Å². The highest BCUT2D eigenvalue weighted by Gasteiger charge is 2.58. The zero-order valence-electron chi connectivity index (χ0n) is 25.1. The molecule has 0 unspecified atom stereocenters. The summed E-state index contributed by atoms with van der Waals surface area (Å²) in [6.07, 6.45) is -2.73. The molecule has 0 radical (unpaired) electrons. The van der Waals surface area contributed by atoms with Gasteiger partial charge in [0.15, 0.2) is 22.6 Å². The summed E-state index contributed by atoms with van der Waals surface area (Å²) in [6.45, 7) is 12.4. The second kappa shape index (κ2) is 15.4. The third kappa shape index (κ3) is 10.6. The standard InChI is InChI=1S/C25H40FN6O8PS2/c1-16-30-17(27)8-9-32(16)20-18(26)19(33)25(40-20,14-29-31-28)15-39-41(36,37-10-12-42-21(34)23(2,3)4)38-11-13-43-22(35)24(5,6)7/h8-9,18-20,33H,1,10-15H2,2-7H3,(H2,27,30)/t18-,19+,20-,25-/m1/s1. The molecular formula is C25H40FN6O8PS2. The Labute approximate surface area is 259 Å². The van der Waals surface area contributed by atoms with Gasteiger partial charge in [0.25, 0.3) is 0 Å². The number of aliphatic hydroxyl groups is 1. The van der Waals surface area contributed by atoms with Crippen molar-refractivity contribution in [3.63, 3.8) is 0 Å². The first-order chi connectivity index (χ1) is 19.8. The van der Waals surface area contributed by atoms with Gasteiger partial charge in [-0.15, -0.1) is 0 Å². The summed E-state index contributed by atoms with van der Waals surface area (Å²) in [5.41, 5.74) is 11.4. The lowest BCUT2D eigenvalue weighted by atomic mass is 9.97. The second-order valence-corrected chi connectivity index (χ2v) is 15.5. The Hall–Kier alpha value is -1.94. The van der Waals surface area contributed by atoms with Crippen LogP contribution in [0.3, 0.4) is 0 Å². The zero-order chi connectivity index (χ0) is 32.6. The van der Waals surface area contributed by atoms with Gasteiger partial charge in [0.1, 0.15) is 23.4 Å². The first-order valence-electron chi connectivity index (χ1n) is 13.2. The maximum Gasteiger partial charge on any atom is 0.474 e. The maximum atomic E-state index is 15.5. The van der Waals surface area contributed by atoms with E-state index in [2.05, 4.69) is 21.6 Å². The molecule has 0 bridgehead atoms. The van der Waals surface area contributed by atoms with E-state index < -0.39 is 55.9 Å². The molecule has 18 heteroatoms. The van der Waals surface area contributed by atoms with E-state index in [0.29, 0.717) is 0 Å². The smallest absolute Gasteiger partial charge is 0.387 e. The van der Waals surface area contributed by atoms with Crippen molar-refractivity contribution in [3.05, 3.63) is 35.1 Å².